The SMILES string of the molecule is CC(N)Cc1ccc(Br)cc1N1CCc2ccc(F)cc21. The Hall–Kier alpha value is -1.39. The molecule has 1 atom stereocenters. The molecule has 0 aromatic heterocycles. The molecule has 0 saturated carbocycles. The normalized spacial score (nSPS) is 15.1. The smallest absolute Gasteiger partial charge is 0.125 e. The van der Waals surface area contributed by atoms with Gasteiger partial charge in [-0.05, 0) is 55.2 Å². The third-order valence-corrected chi connectivity index (χ3v) is 4.32. The highest BCUT2D eigenvalue weighted by atomic mass is 79.9. The summed E-state index contributed by atoms with van der Waals surface area (Å²) < 4.78 is 14.6. The zero-order chi connectivity index (χ0) is 15.0. The predicted octanol–water partition coefficient (Wildman–Crippen LogP) is 4.17. The van der Waals surface area contributed by atoms with E-state index in [1.807, 2.05) is 19.1 Å². The molecule has 1 heterocycles. The second kappa shape index (κ2) is 5.78. The van der Waals surface area contributed by atoms with Crippen molar-refractivity contribution in [3.63, 3.8) is 0 Å². The molecule has 1 unspecified atom stereocenters. The first kappa shape index (κ1) is 14.5. The van der Waals surface area contributed by atoms with E-state index in [-0.39, 0.29) is 11.9 Å². The number of hydrogen-bond acceptors (Lipinski definition) is 2. The van der Waals surface area contributed by atoms with E-state index >= 15 is 0 Å². The van der Waals surface area contributed by atoms with Gasteiger partial charge < -0.3 is 10.6 Å². The topological polar surface area (TPSA) is 29.3 Å². The molecular weight excluding hydrogens is 331 g/mol. The van der Waals surface area contributed by atoms with Crippen LogP contribution >= 0.6 is 15.9 Å². The van der Waals surface area contributed by atoms with Gasteiger partial charge in [-0.25, -0.2) is 4.39 Å². The molecule has 21 heavy (non-hydrogen) atoms. The Bertz CT molecular complexity index is 670. The van der Waals surface area contributed by atoms with Crippen LogP contribution in [0.3, 0.4) is 0 Å². The average Bonchev–Trinajstić information content (AvgIpc) is 2.83. The highest BCUT2D eigenvalue weighted by molar-refractivity contribution is 9.10. The zero-order valence-electron chi connectivity index (χ0n) is 11.9. The van der Waals surface area contributed by atoms with E-state index in [4.69, 9.17) is 5.73 Å². The third kappa shape index (κ3) is 2.97. The van der Waals surface area contributed by atoms with Gasteiger partial charge >= 0.3 is 0 Å². The Morgan fingerprint density at radius 2 is 2.05 bits per heavy atom. The molecule has 1 aliphatic rings. The summed E-state index contributed by atoms with van der Waals surface area (Å²) in [4.78, 5) is 2.20. The molecule has 2 N–H and O–H groups in total. The fourth-order valence-electron chi connectivity index (χ4n) is 2.91. The molecule has 0 bridgehead atoms. The molecule has 2 aromatic carbocycles. The van der Waals surface area contributed by atoms with E-state index in [1.54, 1.807) is 6.07 Å². The third-order valence-electron chi connectivity index (χ3n) is 3.82. The van der Waals surface area contributed by atoms with Gasteiger partial charge in [-0.3, -0.25) is 0 Å². The van der Waals surface area contributed by atoms with Crippen LogP contribution in [-0.2, 0) is 12.8 Å². The minimum Gasteiger partial charge on any atom is -0.341 e. The second-order valence-corrected chi connectivity index (χ2v) is 6.54. The van der Waals surface area contributed by atoms with Gasteiger partial charge in [0, 0.05) is 28.4 Å². The number of nitrogens with two attached hydrogens (primary N) is 1. The van der Waals surface area contributed by atoms with Gasteiger partial charge in [0.1, 0.15) is 5.82 Å². The lowest BCUT2D eigenvalue weighted by Crippen LogP contribution is -2.21. The van der Waals surface area contributed by atoms with Crippen LogP contribution in [-0.4, -0.2) is 12.6 Å². The molecule has 0 saturated heterocycles. The molecule has 2 nitrogen and oxygen atoms in total. The van der Waals surface area contributed by atoms with E-state index in [0.29, 0.717) is 0 Å². The molecule has 0 amide bonds. The van der Waals surface area contributed by atoms with Crippen LogP contribution in [0.15, 0.2) is 40.9 Å². The van der Waals surface area contributed by atoms with Crippen molar-refractivity contribution < 1.29 is 4.39 Å². The summed E-state index contributed by atoms with van der Waals surface area (Å²) in [5, 5.41) is 0. The van der Waals surface area contributed by atoms with Gasteiger partial charge in [-0.1, -0.05) is 28.1 Å². The minimum absolute atomic E-state index is 0.0968. The van der Waals surface area contributed by atoms with E-state index < -0.39 is 0 Å². The number of anilines is 2. The van der Waals surface area contributed by atoms with Crippen molar-refractivity contribution in [1.82, 2.24) is 0 Å². The summed E-state index contributed by atoms with van der Waals surface area (Å²) in [6.45, 7) is 2.88. The predicted molar refractivity (Wildman–Crippen MR) is 88.6 cm³/mol. The van der Waals surface area contributed by atoms with Crippen LogP contribution in [0.2, 0.25) is 0 Å². The maximum atomic E-state index is 13.6. The summed E-state index contributed by atoms with van der Waals surface area (Å²) in [7, 11) is 0. The van der Waals surface area contributed by atoms with Crippen LogP contribution < -0.4 is 10.6 Å². The number of rotatable bonds is 3. The van der Waals surface area contributed by atoms with Crippen molar-refractivity contribution in [2.24, 2.45) is 5.73 Å². The second-order valence-electron chi connectivity index (χ2n) is 5.63. The fraction of sp³-hybridized carbons (Fsp3) is 0.294. The zero-order valence-corrected chi connectivity index (χ0v) is 13.5. The van der Waals surface area contributed by atoms with Gasteiger partial charge in [-0.15, -0.1) is 0 Å². The molecule has 2 aromatic rings. The Labute approximate surface area is 132 Å². The quantitative estimate of drug-likeness (QED) is 0.901. The van der Waals surface area contributed by atoms with Crippen molar-refractivity contribution in [3.05, 3.63) is 57.8 Å². The van der Waals surface area contributed by atoms with Crippen molar-refractivity contribution in [3.8, 4) is 0 Å². The Morgan fingerprint density at radius 3 is 2.81 bits per heavy atom. The number of benzene rings is 2. The highest BCUT2D eigenvalue weighted by Crippen LogP contribution is 2.38. The summed E-state index contributed by atoms with van der Waals surface area (Å²) in [5.41, 5.74) is 10.4. The summed E-state index contributed by atoms with van der Waals surface area (Å²) in [6, 6.07) is 11.4. The first-order valence-electron chi connectivity index (χ1n) is 7.14. The number of fused-ring (bicyclic) bond motifs is 1. The van der Waals surface area contributed by atoms with Crippen molar-refractivity contribution in [2.45, 2.75) is 25.8 Å². The van der Waals surface area contributed by atoms with E-state index in [2.05, 4.69) is 33.0 Å². The van der Waals surface area contributed by atoms with Crippen molar-refractivity contribution >= 4 is 27.3 Å². The maximum Gasteiger partial charge on any atom is 0.125 e. The Morgan fingerprint density at radius 1 is 1.24 bits per heavy atom. The van der Waals surface area contributed by atoms with Crippen molar-refractivity contribution in [2.75, 3.05) is 11.4 Å². The fourth-order valence-corrected chi connectivity index (χ4v) is 3.26. The molecule has 0 fully saturated rings. The Balaban J connectivity index is 2.06. The number of halogens is 2. The molecule has 4 heteroatoms. The van der Waals surface area contributed by atoms with E-state index in [9.17, 15) is 4.39 Å². The van der Waals surface area contributed by atoms with E-state index in [0.717, 1.165) is 35.2 Å². The van der Waals surface area contributed by atoms with Crippen LogP contribution in [0.1, 0.15) is 18.1 Å². The van der Waals surface area contributed by atoms with Crippen LogP contribution in [0.25, 0.3) is 0 Å². The summed E-state index contributed by atoms with van der Waals surface area (Å²) in [5.74, 6) is -0.190. The Kier molecular flexibility index (Phi) is 4.00. The molecule has 0 spiro atoms. The van der Waals surface area contributed by atoms with E-state index in [1.165, 1.54) is 17.2 Å². The molecule has 0 aliphatic carbocycles. The lowest BCUT2D eigenvalue weighted by Gasteiger charge is -2.24. The van der Waals surface area contributed by atoms with Crippen molar-refractivity contribution in [1.29, 1.82) is 0 Å². The monoisotopic (exact) mass is 348 g/mol. The highest BCUT2D eigenvalue weighted by Gasteiger charge is 2.23. The number of hydrogen-bond donors (Lipinski definition) is 1. The van der Waals surface area contributed by atoms with Crippen LogP contribution in [0.4, 0.5) is 15.8 Å². The standard InChI is InChI=1S/C17H18BrFN2/c1-11(20)8-13-2-4-14(18)9-16(13)21-7-6-12-3-5-15(19)10-17(12)21/h2-5,9-11H,6-8,20H2,1H3. The van der Waals surface area contributed by atoms with Crippen LogP contribution in [0, 0.1) is 5.82 Å². The van der Waals surface area contributed by atoms with Gasteiger partial charge in [0.05, 0.1) is 0 Å². The first-order chi connectivity index (χ1) is 10.0. The molecule has 3 rings (SSSR count). The minimum atomic E-state index is -0.190. The lowest BCUT2D eigenvalue weighted by molar-refractivity contribution is 0.628. The molecule has 1 aliphatic heterocycles. The maximum absolute atomic E-state index is 13.6. The van der Waals surface area contributed by atoms with Gasteiger partial charge in [0.25, 0.3) is 0 Å². The lowest BCUT2D eigenvalue weighted by atomic mass is 10.0. The molecule has 110 valence electrons. The number of nitrogens with zero attached hydrogens (tertiary/aromatic N) is 1. The van der Waals surface area contributed by atoms with Gasteiger partial charge in [-0.2, -0.15) is 0 Å². The largest absolute Gasteiger partial charge is 0.341 e. The molecule has 0 radical (unpaired) electrons. The van der Waals surface area contributed by atoms with Gasteiger partial charge in [0.15, 0.2) is 0 Å². The van der Waals surface area contributed by atoms with Crippen LogP contribution in [0.5, 0.6) is 0 Å². The summed E-state index contributed by atoms with van der Waals surface area (Å²) in [6.07, 6.45) is 1.75. The van der Waals surface area contributed by atoms with Gasteiger partial charge in [0.2, 0.25) is 0 Å². The average molecular weight is 349 g/mol. The molecular formula is C17H18BrFN2. The first-order valence-corrected chi connectivity index (χ1v) is 7.94. The summed E-state index contributed by atoms with van der Waals surface area (Å²) >= 11 is 3.53.